The predicted molar refractivity (Wildman–Crippen MR) is 98.4 cm³/mol. The summed E-state index contributed by atoms with van der Waals surface area (Å²) in [5, 5.41) is 3.75. The Bertz CT molecular complexity index is 458. The van der Waals surface area contributed by atoms with Crippen molar-refractivity contribution in [1.82, 2.24) is 5.32 Å². The van der Waals surface area contributed by atoms with Crippen LogP contribution in [0.5, 0.6) is 0 Å². The van der Waals surface area contributed by atoms with Gasteiger partial charge >= 0.3 is 0 Å². The molecular weight excluding hydrogens is 335 g/mol. The fourth-order valence-electron chi connectivity index (χ4n) is 2.62. The van der Waals surface area contributed by atoms with Gasteiger partial charge in [-0.1, -0.05) is 37.6 Å². The van der Waals surface area contributed by atoms with Gasteiger partial charge in [-0.25, -0.2) is 0 Å². The van der Waals surface area contributed by atoms with E-state index in [2.05, 4.69) is 19.2 Å². The molecule has 6 heteroatoms. The van der Waals surface area contributed by atoms with Crippen molar-refractivity contribution in [3.05, 3.63) is 34.9 Å². The van der Waals surface area contributed by atoms with Crippen LogP contribution >= 0.6 is 24.0 Å². The molecule has 132 valence electrons. The summed E-state index contributed by atoms with van der Waals surface area (Å²) in [7, 11) is 1.57. The molecule has 1 unspecified atom stereocenters. The lowest BCUT2D eigenvalue weighted by Crippen LogP contribution is -2.41. The van der Waals surface area contributed by atoms with Crippen molar-refractivity contribution in [2.45, 2.75) is 44.6 Å². The van der Waals surface area contributed by atoms with Gasteiger partial charge in [-0.3, -0.25) is 4.79 Å². The third kappa shape index (κ3) is 6.30. The lowest BCUT2D eigenvalue weighted by Gasteiger charge is -2.33. The number of nitrogens with one attached hydrogen (secondary N) is 1. The first-order chi connectivity index (χ1) is 10.5. The first-order valence-electron chi connectivity index (χ1n) is 7.77. The van der Waals surface area contributed by atoms with Crippen LogP contribution in [0.4, 0.5) is 0 Å². The fourth-order valence-corrected chi connectivity index (χ4v) is 2.75. The first-order valence-corrected chi connectivity index (χ1v) is 8.14. The van der Waals surface area contributed by atoms with Crippen molar-refractivity contribution in [2.24, 2.45) is 5.73 Å². The van der Waals surface area contributed by atoms with Crippen LogP contribution in [0.3, 0.4) is 0 Å². The maximum atomic E-state index is 12.1. The van der Waals surface area contributed by atoms with Crippen molar-refractivity contribution < 1.29 is 9.53 Å². The van der Waals surface area contributed by atoms with Gasteiger partial charge in [0.25, 0.3) is 0 Å². The highest BCUT2D eigenvalue weighted by Crippen LogP contribution is 2.31. The number of carbonyl (C=O) groups is 1. The van der Waals surface area contributed by atoms with Gasteiger partial charge in [-0.05, 0) is 30.5 Å². The Morgan fingerprint density at radius 3 is 2.30 bits per heavy atom. The van der Waals surface area contributed by atoms with Crippen LogP contribution in [0.1, 0.15) is 38.7 Å². The molecular formula is C17H28Cl2N2O2. The summed E-state index contributed by atoms with van der Waals surface area (Å²) in [5.74, 6) is -0.0301. The summed E-state index contributed by atoms with van der Waals surface area (Å²) in [6.07, 6.45) is 1.94. The topological polar surface area (TPSA) is 64.4 Å². The number of amides is 1. The third-order valence-corrected chi connectivity index (χ3v) is 4.70. The smallest absolute Gasteiger partial charge is 0.222 e. The van der Waals surface area contributed by atoms with Crippen LogP contribution in [0.2, 0.25) is 5.02 Å². The molecule has 0 aliphatic heterocycles. The minimum atomic E-state index is -0.229. The van der Waals surface area contributed by atoms with E-state index in [1.54, 1.807) is 7.11 Å². The van der Waals surface area contributed by atoms with Crippen LogP contribution in [0.15, 0.2) is 24.3 Å². The normalized spacial score (nSPS) is 12.4. The summed E-state index contributed by atoms with van der Waals surface area (Å²) in [4.78, 5) is 12.1. The maximum Gasteiger partial charge on any atom is 0.222 e. The minimum absolute atomic E-state index is 0. The molecule has 4 nitrogen and oxygen atoms in total. The molecule has 0 aliphatic carbocycles. The highest BCUT2D eigenvalue weighted by atomic mass is 35.5. The van der Waals surface area contributed by atoms with Gasteiger partial charge in [0.05, 0.1) is 12.5 Å². The molecule has 0 saturated carbocycles. The van der Waals surface area contributed by atoms with E-state index in [1.165, 1.54) is 5.56 Å². The first kappa shape index (κ1) is 22.2. The Kier molecular flexibility index (Phi) is 10.5. The largest absolute Gasteiger partial charge is 0.380 e. The van der Waals surface area contributed by atoms with Crippen molar-refractivity contribution >= 4 is 29.9 Å². The molecule has 1 aromatic rings. The minimum Gasteiger partial charge on any atom is -0.380 e. The third-order valence-electron chi connectivity index (χ3n) is 4.44. The highest BCUT2D eigenvalue weighted by molar-refractivity contribution is 6.30. The van der Waals surface area contributed by atoms with Crippen LogP contribution in [0, 0.1) is 0 Å². The summed E-state index contributed by atoms with van der Waals surface area (Å²) in [5.41, 5.74) is 6.67. The van der Waals surface area contributed by atoms with Gasteiger partial charge in [0.2, 0.25) is 5.91 Å². The number of methoxy groups -OCH3 is 1. The van der Waals surface area contributed by atoms with Gasteiger partial charge in [-0.15, -0.1) is 12.4 Å². The zero-order valence-electron chi connectivity index (χ0n) is 14.1. The fraction of sp³-hybridized carbons (Fsp3) is 0.588. The number of carbonyl (C=O) groups excluding carboxylic acids is 1. The van der Waals surface area contributed by atoms with Gasteiger partial charge in [0.15, 0.2) is 0 Å². The molecule has 0 spiro atoms. The Labute approximate surface area is 150 Å². The Morgan fingerprint density at radius 1 is 1.30 bits per heavy atom. The zero-order valence-corrected chi connectivity index (χ0v) is 15.7. The van der Waals surface area contributed by atoms with E-state index < -0.39 is 0 Å². The molecule has 0 bridgehead atoms. The summed E-state index contributed by atoms with van der Waals surface area (Å²) >= 11 is 5.97. The molecule has 0 aliphatic rings. The van der Waals surface area contributed by atoms with Crippen molar-refractivity contribution in [3.8, 4) is 0 Å². The molecule has 0 heterocycles. The highest BCUT2D eigenvalue weighted by Gasteiger charge is 2.29. The maximum absolute atomic E-state index is 12.1. The van der Waals surface area contributed by atoms with E-state index in [1.807, 2.05) is 24.3 Å². The van der Waals surface area contributed by atoms with Crippen molar-refractivity contribution in [1.29, 1.82) is 0 Å². The van der Waals surface area contributed by atoms with Crippen molar-refractivity contribution in [3.63, 3.8) is 0 Å². The molecule has 0 saturated heterocycles. The molecule has 1 amide bonds. The van der Waals surface area contributed by atoms with E-state index in [9.17, 15) is 4.79 Å². The molecule has 1 rings (SSSR count). The lowest BCUT2D eigenvalue weighted by atomic mass is 9.76. The summed E-state index contributed by atoms with van der Waals surface area (Å²) in [6.45, 7) is 5.22. The second kappa shape index (κ2) is 10.9. The average Bonchev–Trinajstić information content (AvgIpc) is 2.55. The second-order valence-corrected chi connectivity index (χ2v) is 6.01. The Hall–Kier alpha value is -0.810. The van der Waals surface area contributed by atoms with E-state index in [0.717, 1.165) is 17.9 Å². The van der Waals surface area contributed by atoms with Crippen LogP contribution < -0.4 is 11.1 Å². The number of benzene rings is 1. The quantitative estimate of drug-likeness (QED) is 0.708. The van der Waals surface area contributed by atoms with E-state index in [4.69, 9.17) is 22.1 Å². The molecule has 3 N–H and O–H groups in total. The van der Waals surface area contributed by atoms with Crippen molar-refractivity contribution in [2.75, 3.05) is 20.2 Å². The monoisotopic (exact) mass is 362 g/mol. The van der Waals surface area contributed by atoms with Gasteiger partial charge in [0.1, 0.15) is 0 Å². The lowest BCUT2D eigenvalue weighted by molar-refractivity contribution is -0.123. The molecule has 0 fully saturated rings. The van der Waals surface area contributed by atoms with Gasteiger partial charge in [0, 0.05) is 30.6 Å². The number of ether oxygens (including phenoxy) is 1. The van der Waals surface area contributed by atoms with Gasteiger partial charge in [-0.2, -0.15) is 0 Å². The predicted octanol–water partition coefficient (Wildman–Crippen LogP) is 3.30. The number of halogens is 2. The molecule has 1 aromatic carbocycles. The zero-order chi connectivity index (χ0) is 16.6. The van der Waals surface area contributed by atoms with E-state index in [0.29, 0.717) is 13.1 Å². The number of nitrogens with two attached hydrogens (primary N) is 1. The molecule has 23 heavy (non-hydrogen) atoms. The van der Waals surface area contributed by atoms with E-state index >= 15 is 0 Å². The SMILES string of the molecule is CCC(CC)(CNC(=O)CC(CN)OC)c1ccc(Cl)cc1.Cl. The molecule has 0 radical (unpaired) electrons. The Morgan fingerprint density at radius 2 is 1.87 bits per heavy atom. The number of rotatable bonds is 9. The summed E-state index contributed by atoms with van der Waals surface area (Å²) in [6, 6.07) is 7.88. The average molecular weight is 363 g/mol. The summed E-state index contributed by atoms with van der Waals surface area (Å²) < 4.78 is 5.15. The van der Waals surface area contributed by atoms with Crippen LogP contribution in [-0.4, -0.2) is 32.2 Å². The standard InChI is InChI=1S/C17H27ClN2O2.ClH/c1-4-17(5-2,13-6-8-14(18)9-7-13)12-20-16(21)10-15(11-19)22-3;/h6-9,15H,4-5,10-12,19H2,1-3H3,(H,20,21);1H. The Balaban J connectivity index is 0.00000484. The number of hydrogen-bond donors (Lipinski definition) is 2. The van der Waals surface area contributed by atoms with Crippen LogP contribution in [0.25, 0.3) is 0 Å². The molecule has 0 aromatic heterocycles. The molecule has 1 atom stereocenters. The van der Waals surface area contributed by atoms with Crippen LogP contribution in [-0.2, 0) is 14.9 Å². The number of hydrogen-bond acceptors (Lipinski definition) is 3. The second-order valence-electron chi connectivity index (χ2n) is 5.57. The van der Waals surface area contributed by atoms with E-state index in [-0.39, 0.29) is 36.3 Å². The van der Waals surface area contributed by atoms with Gasteiger partial charge < -0.3 is 15.8 Å².